The Morgan fingerprint density at radius 3 is 1.77 bits per heavy atom. The third-order valence-electron chi connectivity index (χ3n) is 9.86. The molecule has 0 amide bonds. The van der Waals surface area contributed by atoms with Gasteiger partial charge in [0.15, 0.2) is 0 Å². The van der Waals surface area contributed by atoms with Crippen LogP contribution in [0, 0.1) is 17.7 Å². The molecule has 0 heterocycles. The van der Waals surface area contributed by atoms with Crippen molar-refractivity contribution in [2.45, 2.75) is 108 Å². The standard InChI is InChI=1S/C37H42F6O/c1-2-3-4-5-25-6-8-26(9-7-25)27-10-12-28(13-11-27)29-14-20-32(21-15-29)37(42,43)44-33-22-23-34(35(38)24-33)30-16-18-31(19-17-30)36(39,40)41/h10-13,16-19,22-26,29,32H,2-9,14-15,20-21H2,1H3. The lowest BCUT2D eigenvalue weighted by Gasteiger charge is -2.33. The molecular weight excluding hydrogens is 574 g/mol. The lowest BCUT2D eigenvalue weighted by atomic mass is 9.75. The highest BCUT2D eigenvalue weighted by molar-refractivity contribution is 5.65. The molecule has 0 saturated heterocycles. The summed E-state index contributed by atoms with van der Waals surface area (Å²) in [7, 11) is 0. The first-order valence-electron chi connectivity index (χ1n) is 16.2. The molecule has 2 aliphatic rings. The molecule has 2 aliphatic carbocycles. The van der Waals surface area contributed by atoms with Crippen molar-refractivity contribution in [3.05, 3.63) is 89.2 Å². The van der Waals surface area contributed by atoms with Crippen LogP contribution in [-0.2, 0) is 6.18 Å². The Bertz CT molecular complexity index is 1330. The second-order valence-electron chi connectivity index (χ2n) is 12.8. The fraction of sp³-hybridized carbons (Fsp3) is 0.514. The van der Waals surface area contributed by atoms with Gasteiger partial charge in [0.2, 0.25) is 0 Å². The fourth-order valence-corrected chi connectivity index (χ4v) is 7.14. The van der Waals surface area contributed by atoms with Gasteiger partial charge >= 0.3 is 12.3 Å². The zero-order chi connectivity index (χ0) is 31.3. The number of benzene rings is 3. The predicted octanol–water partition coefficient (Wildman–Crippen LogP) is 12.3. The molecule has 3 aromatic carbocycles. The Labute approximate surface area is 257 Å². The second kappa shape index (κ2) is 14.0. The molecule has 1 nitrogen and oxygen atoms in total. The van der Waals surface area contributed by atoms with Crippen LogP contribution in [0.5, 0.6) is 5.75 Å². The summed E-state index contributed by atoms with van der Waals surface area (Å²) in [6.07, 6.45) is 4.33. The molecule has 0 N–H and O–H groups in total. The summed E-state index contributed by atoms with van der Waals surface area (Å²) in [6.45, 7) is 2.25. The first-order valence-corrected chi connectivity index (χ1v) is 16.2. The van der Waals surface area contributed by atoms with Crippen molar-refractivity contribution < 1.29 is 31.1 Å². The van der Waals surface area contributed by atoms with Gasteiger partial charge in [-0.05, 0) is 110 Å². The minimum Gasteiger partial charge on any atom is -0.432 e. The van der Waals surface area contributed by atoms with E-state index in [-0.39, 0.29) is 22.8 Å². The maximum atomic E-state index is 15.2. The summed E-state index contributed by atoms with van der Waals surface area (Å²) < 4.78 is 88.6. The number of hydrogen-bond acceptors (Lipinski definition) is 1. The third kappa shape index (κ3) is 8.00. The Kier molecular flexibility index (Phi) is 10.3. The van der Waals surface area contributed by atoms with Gasteiger partial charge in [0.05, 0.1) is 11.5 Å². The molecule has 2 fully saturated rings. The zero-order valence-corrected chi connectivity index (χ0v) is 25.3. The Balaban J connectivity index is 1.12. The van der Waals surface area contributed by atoms with Gasteiger partial charge in [0.1, 0.15) is 11.6 Å². The Morgan fingerprint density at radius 2 is 1.25 bits per heavy atom. The van der Waals surface area contributed by atoms with Crippen LogP contribution in [0.15, 0.2) is 66.7 Å². The molecule has 2 saturated carbocycles. The molecule has 0 atom stereocenters. The number of alkyl halides is 5. The monoisotopic (exact) mass is 616 g/mol. The maximum absolute atomic E-state index is 15.2. The molecule has 0 unspecified atom stereocenters. The molecule has 0 bridgehead atoms. The number of unbranched alkanes of at least 4 members (excludes halogenated alkanes) is 2. The van der Waals surface area contributed by atoms with Crippen molar-refractivity contribution in [1.29, 1.82) is 0 Å². The van der Waals surface area contributed by atoms with Crippen LogP contribution in [0.25, 0.3) is 11.1 Å². The number of halogens is 6. The molecule has 5 rings (SSSR count). The van der Waals surface area contributed by atoms with Crippen molar-refractivity contribution in [3.8, 4) is 16.9 Å². The van der Waals surface area contributed by atoms with Gasteiger partial charge in [-0.25, -0.2) is 4.39 Å². The van der Waals surface area contributed by atoms with E-state index in [1.807, 2.05) is 0 Å². The smallest absolute Gasteiger partial charge is 0.416 e. The molecule has 0 radical (unpaired) electrons. The van der Waals surface area contributed by atoms with Gasteiger partial charge in [0, 0.05) is 11.6 Å². The van der Waals surface area contributed by atoms with E-state index in [0.717, 1.165) is 36.2 Å². The van der Waals surface area contributed by atoms with Crippen LogP contribution in [0.2, 0.25) is 0 Å². The summed E-state index contributed by atoms with van der Waals surface area (Å²) in [4.78, 5) is 0. The predicted molar refractivity (Wildman–Crippen MR) is 162 cm³/mol. The van der Waals surface area contributed by atoms with Gasteiger partial charge in [0.25, 0.3) is 0 Å². The SMILES string of the molecule is CCCCCC1CCC(c2ccc(C3CCC(C(F)(F)Oc4ccc(-c5ccc(C(F)(F)F)cc5)c(F)c4)CC3)cc2)CC1. The molecular formula is C37H42F6O. The summed E-state index contributed by atoms with van der Waals surface area (Å²) in [6, 6.07) is 16.2. The minimum absolute atomic E-state index is 0.0102. The van der Waals surface area contributed by atoms with Crippen LogP contribution >= 0.6 is 0 Å². The highest BCUT2D eigenvalue weighted by Gasteiger charge is 2.44. The van der Waals surface area contributed by atoms with E-state index in [0.29, 0.717) is 31.6 Å². The summed E-state index contributed by atoms with van der Waals surface area (Å²) in [5, 5.41) is 0. The second-order valence-corrected chi connectivity index (χ2v) is 12.8. The van der Waals surface area contributed by atoms with Gasteiger partial charge in [-0.3, -0.25) is 0 Å². The van der Waals surface area contributed by atoms with E-state index in [2.05, 4.69) is 31.2 Å². The van der Waals surface area contributed by atoms with Crippen molar-refractivity contribution in [3.63, 3.8) is 0 Å². The third-order valence-corrected chi connectivity index (χ3v) is 9.86. The van der Waals surface area contributed by atoms with Crippen LogP contribution in [0.3, 0.4) is 0 Å². The van der Waals surface area contributed by atoms with E-state index < -0.39 is 29.6 Å². The van der Waals surface area contributed by atoms with Gasteiger partial charge in [-0.1, -0.05) is 69.0 Å². The first-order chi connectivity index (χ1) is 21.0. The Morgan fingerprint density at radius 1 is 0.682 bits per heavy atom. The largest absolute Gasteiger partial charge is 0.432 e. The zero-order valence-electron chi connectivity index (χ0n) is 25.3. The maximum Gasteiger partial charge on any atom is 0.416 e. The number of ether oxygens (including phenoxy) is 1. The molecule has 0 aliphatic heterocycles. The summed E-state index contributed by atoms with van der Waals surface area (Å²) >= 11 is 0. The molecule has 0 aromatic heterocycles. The van der Waals surface area contributed by atoms with Crippen molar-refractivity contribution in [1.82, 2.24) is 0 Å². The lowest BCUT2D eigenvalue weighted by molar-refractivity contribution is -0.222. The van der Waals surface area contributed by atoms with Crippen LogP contribution in [-0.4, -0.2) is 6.11 Å². The van der Waals surface area contributed by atoms with Crippen LogP contribution in [0.1, 0.15) is 112 Å². The summed E-state index contributed by atoms with van der Waals surface area (Å²) in [5.41, 5.74) is 1.97. The molecule has 0 spiro atoms. The molecule has 7 heteroatoms. The fourth-order valence-electron chi connectivity index (χ4n) is 7.14. The highest BCUT2D eigenvalue weighted by Crippen LogP contribution is 2.44. The number of hydrogen-bond donors (Lipinski definition) is 0. The van der Waals surface area contributed by atoms with Crippen molar-refractivity contribution >= 4 is 0 Å². The topological polar surface area (TPSA) is 9.23 Å². The van der Waals surface area contributed by atoms with Crippen LogP contribution < -0.4 is 4.74 Å². The Hall–Kier alpha value is -2.96. The van der Waals surface area contributed by atoms with Gasteiger partial charge in [-0.15, -0.1) is 0 Å². The van der Waals surface area contributed by atoms with Crippen molar-refractivity contribution in [2.75, 3.05) is 0 Å². The van der Waals surface area contributed by atoms with E-state index in [1.165, 1.54) is 74.6 Å². The summed E-state index contributed by atoms with van der Waals surface area (Å²) in [5.74, 6) is -0.414. The lowest BCUT2D eigenvalue weighted by Crippen LogP contribution is -2.37. The average molecular weight is 617 g/mol. The van der Waals surface area contributed by atoms with Crippen LogP contribution in [0.4, 0.5) is 26.3 Å². The van der Waals surface area contributed by atoms with Gasteiger partial charge < -0.3 is 4.74 Å². The highest BCUT2D eigenvalue weighted by atomic mass is 19.4. The normalized spacial score (nSPS) is 23.0. The minimum atomic E-state index is -4.50. The van der Waals surface area contributed by atoms with E-state index >= 15 is 8.78 Å². The first kappa shape index (κ1) is 32.4. The quantitative estimate of drug-likeness (QED) is 0.163. The van der Waals surface area contributed by atoms with E-state index in [1.54, 1.807) is 0 Å². The van der Waals surface area contributed by atoms with E-state index in [9.17, 15) is 17.6 Å². The average Bonchev–Trinajstić information content (AvgIpc) is 3.01. The number of rotatable bonds is 10. The van der Waals surface area contributed by atoms with Gasteiger partial charge in [-0.2, -0.15) is 22.0 Å². The molecule has 238 valence electrons. The molecule has 44 heavy (non-hydrogen) atoms. The van der Waals surface area contributed by atoms with E-state index in [4.69, 9.17) is 4.74 Å². The van der Waals surface area contributed by atoms with Crippen molar-refractivity contribution in [2.24, 2.45) is 11.8 Å². The molecule has 3 aromatic rings.